The molecular formula is C37H41N7O3S. The van der Waals surface area contributed by atoms with Crippen molar-refractivity contribution in [2.24, 2.45) is 16.2 Å². The lowest BCUT2D eigenvalue weighted by molar-refractivity contribution is -0.250. The summed E-state index contributed by atoms with van der Waals surface area (Å²) in [5, 5.41) is 26.9. The Balaban J connectivity index is 0.981. The summed E-state index contributed by atoms with van der Waals surface area (Å²) >= 11 is 1.54. The smallest absolute Gasteiger partial charge is 0.231 e. The van der Waals surface area contributed by atoms with Gasteiger partial charge in [0.1, 0.15) is 11.4 Å². The van der Waals surface area contributed by atoms with E-state index in [2.05, 4.69) is 50.9 Å². The second-order valence-electron chi connectivity index (χ2n) is 15.4. The lowest BCUT2D eigenvalue weighted by Crippen LogP contribution is -2.64. The third kappa shape index (κ3) is 5.51. The lowest BCUT2D eigenvalue weighted by Gasteiger charge is -2.69. The van der Waals surface area contributed by atoms with Gasteiger partial charge in [0.15, 0.2) is 10.9 Å². The standard InChI is InChI=1S/C37H41N7O3S/c1-23-13-29(42-43-32(23)41-33-40-27-7-5-6-8-30(27)48-33)31(46)28-10-9-25(14-38-28)26-15-39-44(24(26)2)22-36-17-34(3)16-35(4,18-36)20-37(19-34,21-36)47-12-11-45/h5-10,13-15,45H,11-12,16-22H2,1-4H3,(H,40,41,43). The van der Waals surface area contributed by atoms with Gasteiger partial charge < -0.3 is 15.2 Å². The zero-order valence-corrected chi connectivity index (χ0v) is 28.7. The molecule has 4 saturated carbocycles. The molecule has 0 radical (unpaired) electrons. The molecule has 2 N–H and O–H groups in total. The fraction of sp³-hybridized carbons (Fsp3) is 0.459. The van der Waals surface area contributed by atoms with E-state index in [4.69, 9.17) is 9.84 Å². The van der Waals surface area contributed by atoms with Crippen molar-refractivity contribution in [2.45, 2.75) is 78.4 Å². The van der Waals surface area contributed by atoms with Gasteiger partial charge in [0.2, 0.25) is 5.78 Å². The molecule has 4 bridgehead atoms. The van der Waals surface area contributed by atoms with Crippen LogP contribution in [0.2, 0.25) is 0 Å². The summed E-state index contributed by atoms with van der Waals surface area (Å²) in [7, 11) is 0. The molecule has 5 aromatic rings. The van der Waals surface area contributed by atoms with Gasteiger partial charge in [-0.25, -0.2) is 4.98 Å². The highest BCUT2D eigenvalue weighted by Crippen LogP contribution is 2.72. The van der Waals surface area contributed by atoms with Gasteiger partial charge in [-0.15, -0.1) is 10.2 Å². The van der Waals surface area contributed by atoms with Crippen LogP contribution in [0.25, 0.3) is 21.3 Å². The molecule has 2 atom stereocenters. The number of hydrogen-bond donors (Lipinski definition) is 2. The van der Waals surface area contributed by atoms with Crippen molar-refractivity contribution < 1.29 is 14.6 Å². The van der Waals surface area contributed by atoms with Crippen molar-refractivity contribution >= 4 is 38.3 Å². The molecule has 1 aromatic carbocycles. The van der Waals surface area contributed by atoms with Gasteiger partial charge >= 0.3 is 0 Å². The summed E-state index contributed by atoms with van der Waals surface area (Å²) in [6, 6.07) is 13.4. The zero-order chi connectivity index (χ0) is 33.3. The minimum Gasteiger partial charge on any atom is -0.394 e. The topological polar surface area (TPSA) is 128 Å². The molecule has 4 fully saturated rings. The van der Waals surface area contributed by atoms with Gasteiger partial charge in [-0.3, -0.25) is 14.5 Å². The first kappa shape index (κ1) is 31.2. The van der Waals surface area contributed by atoms with E-state index in [1.807, 2.05) is 43.5 Å². The average Bonchev–Trinajstić information content (AvgIpc) is 3.61. The molecule has 4 aliphatic rings. The molecule has 4 heterocycles. The van der Waals surface area contributed by atoms with Gasteiger partial charge in [-0.05, 0) is 98.4 Å². The first-order valence-electron chi connectivity index (χ1n) is 16.7. The molecule has 4 aromatic heterocycles. The molecule has 10 nitrogen and oxygen atoms in total. The Labute approximate surface area is 284 Å². The number of nitrogens with zero attached hydrogens (tertiary/aromatic N) is 6. The van der Waals surface area contributed by atoms with Crippen molar-refractivity contribution in [3.8, 4) is 11.1 Å². The van der Waals surface area contributed by atoms with Gasteiger partial charge in [-0.1, -0.05) is 43.4 Å². The van der Waals surface area contributed by atoms with Gasteiger partial charge in [0.25, 0.3) is 0 Å². The maximum Gasteiger partial charge on any atom is 0.231 e. The molecule has 9 rings (SSSR count). The van der Waals surface area contributed by atoms with Crippen LogP contribution in [-0.2, 0) is 11.3 Å². The second-order valence-corrected chi connectivity index (χ2v) is 16.4. The number of rotatable bonds is 10. The molecule has 0 spiro atoms. The maximum atomic E-state index is 13.4. The molecule has 248 valence electrons. The first-order valence-corrected chi connectivity index (χ1v) is 17.6. The predicted molar refractivity (Wildman–Crippen MR) is 185 cm³/mol. The van der Waals surface area contributed by atoms with Crippen LogP contribution in [0.5, 0.6) is 0 Å². The number of carbonyl (C=O) groups excluding carboxylic acids is 1. The van der Waals surface area contributed by atoms with E-state index in [9.17, 15) is 9.90 Å². The Morgan fingerprint density at radius 2 is 1.77 bits per heavy atom. The molecule has 0 aliphatic heterocycles. The number of aromatic nitrogens is 6. The molecule has 11 heteroatoms. The van der Waals surface area contributed by atoms with Crippen LogP contribution in [0.4, 0.5) is 10.9 Å². The average molecular weight is 664 g/mol. The van der Waals surface area contributed by atoms with E-state index >= 15 is 0 Å². The molecule has 0 amide bonds. The van der Waals surface area contributed by atoms with E-state index in [1.165, 1.54) is 19.3 Å². The van der Waals surface area contributed by atoms with Crippen LogP contribution < -0.4 is 5.32 Å². The third-order valence-electron chi connectivity index (χ3n) is 10.8. The zero-order valence-electron chi connectivity index (χ0n) is 27.9. The summed E-state index contributed by atoms with van der Waals surface area (Å²) in [6.07, 6.45) is 10.4. The van der Waals surface area contributed by atoms with Gasteiger partial charge in [0.05, 0.1) is 35.2 Å². The van der Waals surface area contributed by atoms with Crippen molar-refractivity contribution in [2.75, 3.05) is 18.5 Å². The molecular weight excluding hydrogens is 623 g/mol. The quantitative estimate of drug-likeness (QED) is 0.151. The molecule has 0 saturated heterocycles. The largest absolute Gasteiger partial charge is 0.394 e. The van der Waals surface area contributed by atoms with Crippen LogP contribution in [0, 0.1) is 30.1 Å². The molecule has 4 aliphatic carbocycles. The normalized spacial score (nSPS) is 27.5. The van der Waals surface area contributed by atoms with E-state index in [0.717, 1.165) is 63.5 Å². The number of thiazole rings is 1. The number of nitrogens with one attached hydrogen (secondary N) is 1. The van der Waals surface area contributed by atoms with Crippen LogP contribution in [-0.4, -0.2) is 59.7 Å². The molecule has 48 heavy (non-hydrogen) atoms. The number of aliphatic hydroxyl groups is 1. The number of aliphatic hydroxyl groups excluding tert-OH is 1. The van der Waals surface area contributed by atoms with E-state index < -0.39 is 0 Å². The van der Waals surface area contributed by atoms with Gasteiger partial charge in [-0.2, -0.15) is 5.10 Å². The number of para-hydroxylation sites is 1. The summed E-state index contributed by atoms with van der Waals surface area (Å²) < 4.78 is 9.71. The number of aryl methyl sites for hydroxylation is 1. The van der Waals surface area contributed by atoms with Crippen LogP contribution in [0.3, 0.4) is 0 Å². The Bertz CT molecular complexity index is 1990. The number of ether oxygens (including phenoxy) is 1. The SMILES string of the molecule is Cc1cc(C(=O)c2ccc(-c3cnn(CC45CC6(C)CC(C)(C4)CC(OCCO)(C6)C5)c3C)cn2)nnc1Nc1nc2ccccc2s1. The monoisotopic (exact) mass is 663 g/mol. The summed E-state index contributed by atoms with van der Waals surface area (Å²) in [6.45, 7) is 10.2. The van der Waals surface area contributed by atoms with Crippen LogP contribution >= 0.6 is 11.3 Å². The summed E-state index contributed by atoms with van der Waals surface area (Å²) in [5.41, 5.74) is 5.71. The minimum atomic E-state index is -0.280. The van der Waals surface area contributed by atoms with E-state index in [0.29, 0.717) is 18.1 Å². The van der Waals surface area contributed by atoms with Crippen molar-refractivity contribution in [3.63, 3.8) is 0 Å². The number of anilines is 2. The predicted octanol–water partition coefficient (Wildman–Crippen LogP) is 7.06. The van der Waals surface area contributed by atoms with Gasteiger partial charge in [0, 0.05) is 29.6 Å². The Hall–Kier alpha value is -4.06. The van der Waals surface area contributed by atoms with Crippen molar-refractivity contribution in [1.82, 2.24) is 29.9 Å². The second kappa shape index (κ2) is 11.2. The summed E-state index contributed by atoms with van der Waals surface area (Å²) in [4.78, 5) is 22.5. The third-order valence-corrected chi connectivity index (χ3v) is 11.7. The minimum absolute atomic E-state index is 0.0603. The fourth-order valence-electron chi connectivity index (χ4n) is 10.2. The number of ketones is 1. The Morgan fingerprint density at radius 3 is 2.48 bits per heavy atom. The number of hydrogen-bond acceptors (Lipinski definition) is 10. The number of fused-ring (bicyclic) bond motifs is 1. The highest BCUT2D eigenvalue weighted by Gasteiger charge is 2.66. The lowest BCUT2D eigenvalue weighted by atomic mass is 9.39. The fourth-order valence-corrected chi connectivity index (χ4v) is 11.1. The van der Waals surface area contributed by atoms with Crippen LogP contribution in [0.15, 0.2) is 54.9 Å². The Morgan fingerprint density at radius 1 is 0.979 bits per heavy atom. The highest BCUT2D eigenvalue weighted by atomic mass is 32.1. The highest BCUT2D eigenvalue weighted by molar-refractivity contribution is 7.22. The number of pyridine rings is 1. The van der Waals surface area contributed by atoms with Crippen molar-refractivity contribution in [3.05, 3.63) is 77.5 Å². The van der Waals surface area contributed by atoms with E-state index in [1.54, 1.807) is 29.7 Å². The Kier molecular flexibility index (Phi) is 7.32. The molecule has 2 unspecified atom stereocenters. The first-order chi connectivity index (χ1) is 23.0. The van der Waals surface area contributed by atoms with E-state index in [-0.39, 0.29) is 39.9 Å². The summed E-state index contributed by atoms with van der Waals surface area (Å²) in [5.74, 6) is 0.281. The number of carbonyl (C=O) groups is 1. The number of benzene rings is 1. The van der Waals surface area contributed by atoms with Crippen LogP contribution in [0.1, 0.15) is 79.8 Å². The maximum absolute atomic E-state index is 13.4. The van der Waals surface area contributed by atoms with Crippen molar-refractivity contribution in [1.29, 1.82) is 0 Å².